The second kappa shape index (κ2) is 6.03. The molecule has 1 heterocycles. The van der Waals surface area contributed by atoms with Crippen LogP contribution < -0.4 is 10.2 Å². The molecule has 2 aromatic rings. The lowest BCUT2D eigenvalue weighted by Crippen LogP contribution is -2.13. The molecule has 0 aliphatic carbocycles. The number of nitrogens with one attached hydrogen (secondary N) is 1. The molecule has 0 amide bonds. The number of alkyl halides is 3. The molecule has 6 heteroatoms. The smallest absolute Gasteiger partial charge is 0.378 e. The molecule has 0 bridgehead atoms. The molecule has 0 spiro atoms. The van der Waals surface area contributed by atoms with Crippen LogP contribution in [-0.2, 0) is 12.7 Å². The largest absolute Gasteiger partial charge is 0.416 e. The Morgan fingerprint density at radius 1 is 1.10 bits per heavy atom. The second-order valence-electron chi connectivity index (χ2n) is 4.82. The minimum atomic E-state index is -4.30. The number of rotatable bonds is 4. The van der Waals surface area contributed by atoms with Crippen LogP contribution in [0.5, 0.6) is 0 Å². The molecular formula is C15H16F3N3. The van der Waals surface area contributed by atoms with Crippen molar-refractivity contribution in [3.63, 3.8) is 0 Å². The van der Waals surface area contributed by atoms with E-state index in [9.17, 15) is 13.2 Å². The summed E-state index contributed by atoms with van der Waals surface area (Å²) in [7, 11) is 3.76. The van der Waals surface area contributed by atoms with Crippen LogP contribution in [0.3, 0.4) is 0 Å². The predicted molar refractivity (Wildman–Crippen MR) is 77.3 cm³/mol. The van der Waals surface area contributed by atoms with Crippen LogP contribution in [0.1, 0.15) is 11.1 Å². The highest BCUT2D eigenvalue weighted by atomic mass is 19.4. The van der Waals surface area contributed by atoms with Gasteiger partial charge in [-0.3, -0.25) is 0 Å². The molecule has 1 N–H and O–H groups in total. The van der Waals surface area contributed by atoms with Crippen LogP contribution in [0.15, 0.2) is 42.6 Å². The van der Waals surface area contributed by atoms with E-state index in [-0.39, 0.29) is 0 Å². The predicted octanol–water partition coefficient (Wildman–Crippen LogP) is 3.78. The maximum absolute atomic E-state index is 12.5. The monoisotopic (exact) mass is 295 g/mol. The Balaban J connectivity index is 2.07. The Hall–Kier alpha value is -2.24. The summed E-state index contributed by atoms with van der Waals surface area (Å²) in [6, 6.07) is 8.82. The first-order valence-corrected chi connectivity index (χ1v) is 6.40. The summed E-state index contributed by atoms with van der Waals surface area (Å²) in [5, 5.41) is 3.18. The minimum Gasteiger partial charge on any atom is -0.378 e. The van der Waals surface area contributed by atoms with Crippen LogP contribution in [0, 0.1) is 0 Å². The summed E-state index contributed by atoms with van der Waals surface area (Å²) in [5.41, 5.74) is 0.973. The van der Waals surface area contributed by atoms with Crippen molar-refractivity contribution in [1.82, 2.24) is 4.98 Å². The SMILES string of the molecule is CN(C)c1ncccc1NCc1ccc(C(F)(F)F)cc1. The number of hydrogen-bond donors (Lipinski definition) is 1. The summed E-state index contributed by atoms with van der Waals surface area (Å²) in [6.45, 7) is 0.435. The van der Waals surface area contributed by atoms with Gasteiger partial charge in [0.1, 0.15) is 0 Å². The number of nitrogens with zero attached hydrogens (tertiary/aromatic N) is 2. The third kappa shape index (κ3) is 3.87. The van der Waals surface area contributed by atoms with Gasteiger partial charge >= 0.3 is 6.18 Å². The van der Waals surface area contributed by atoms with Crippen molar-refractivity contribution in [3.8, 4) is 0 Å². The summed E-state index contributed by atoms with van der Waals surface area (Å²) in [4.78, 5) is 6.12. The summed E-state index contributed by atoms with van der Waals surface area (Å²) in [6.07, 6.45) is -2.61. The molecule has 112 valence electrons. The fourth-order valence-corrected chi connectivity index (χ4v) is 1.90. The fraction of sp³-hybridized carbons (Fsp3) is 0.267. The van der Waals surface area contributed by atoms with E-state index in [0.717, 1.165) is 29.2 Å². The summed E-state index contributed by atoms with van der Waals surface area (Å²) < 4.78 is 37.4. The van der Waals surface area contributed by atoms with Gasteiger partial charge in [-0.2, -0.15) is 13.2 Å². The Kier molecular flexibility index (Phi) is 4.35. The highest BCUT2D eigenvalue weighted by Gasteiger charge is 2.29. The minimum absolute atomic E-state index is 0.435. The lowest BCUT2D eigenvalue weighted by Gasteiger charge is -2.17. The maximum Gasteiger partial charge on any atom is 0.416 e. The van der Waals surface area contributed by atoms with Crippen molar-refractivity contribution in [3.05, 3.63) is 53.7 Å². The van der Waals surface area contributed by atoms with Gasteiger partial charge < -0.3 is 10.2 Å². The molecule has 0 fully saturated rings. The van der Waals surface area contributed by atoms with Crippen LogP contribution in [0.4, 0.5) is 24.7 Å². The Morgan fingerprint density at radius 2 is 1.76 bits per heavy atom. The Morgan fingerprint density at radius 3 is 2.33 bits per heavy atom. The molecule has 1 aromatic carbocycles. The van der Waals surface area contributed by atoms with Gasteiger partial charge in [0, 0.05) is 26.8 Å². The van der Waals surface area contributed by atoms with E-state index in [0.29, 0.717) is 6.54 Å². The average molecular weight is 295 g/mol. The Bertz CT molecular complexity index is 592. The number of benzene rings is 1. The summed E-state index contributed by atoms with van der Waals surface area (Å²) in [5.74, 6) is 0.782. The molecule has 0 unspecified atom stereocenters. The molecule has 0 aliphatic heterocycles. The fourth-order valence-electron chi connectivity index (χ4n) is 1.90. The third-order valence-electron chi connectivity index (χ3n) is 2.97. The summed E-state index contributed by atoms with van der Waals surface area (Å²) >= 11 is 0. The molecule has 0 saturated carbocycles. The van der Waals surface area contributed by atoms with E-state index in [1.807, 2.05) is 31.1 Å². The molecular weight excluding hydrogens is 279 g/mol. The van der Waals surface area contributed by atoms with Crippen LogP contribution >= 0.6 is 0 Å². The number of halogens is 3. The molecule has 0 saturated heterocycles. The van der Waals surface area contributed by atoms with Gasteiger partial charge in [-0.15, -0.1) is 0 Å². The van der Waals surface area contributed by atoms with Crippen molar-refractivity contribution >= 4 is 11.5 Å². The first kappa shape index (κ1) is 15.2. The number of hydrogen-bond acceptors (Lipinski definition) is 3. The van der Waals surface area contributed by atoms with Crippen molar-refractivity contribution in [2.75, 3.05) is 24.3 Å². The molecule has 0 atom stereocenters. The van der Waals surface area contributed by atoms with Gasteiger partial charge in [-0.1, -0.05) is 12.1 Å². The van der Waals surface area contributed by atoms with Gasteiger partial charge in [0.2, 0.25) is 0 Å². The Labute approximate surface area is 121 Å². The van der Waals surface area contributed by atoms with E-state index in [1.54, 1.807) is 6.20 Å². The van der Waals surface area contributed by atoms with Crippen LogP contribution in [0.25, 0.3) is 0 Å². The number of pyridine rings is 1. The molecule has 3 nitrogen and oxygen atoms in total. The highest BCUT2D eigenvalue weighted by molar-refractivity contribution is 5.64. The molecule has 0 radical (unpaired) electrons. The van der Waals surface area contributed by atoms with Crippen LogP contribution in [0.2, 0.25) is 0 Å². The normalized spacial score (nSPS) is 11.3. The lowest BCUT2D eigenvalue weighted by molar-refractivity contribution is -0.137. The van der Waals surface area contributed by atoms with Crippen molar-refractivity contribution in [2.45, 2.75) is 12.7 Å². The average Bonchev–Trinajstić information content (AvgIpc) is 2.45. The molecule has 1 aromatic heterocycles. The standard InChI is InChI=1S/C15H16F3N3/c1-21(2)14-13(4-3-9-19-14)20-10-11-5-7-12(8-6-11)15(16,17)18/h3-9,20H,10H2,1-2H3. The zero-order chi connectivity index (χ0) is 15.5. The van der Waals surface area contributed by atoms with E-state index in [2.05, 4.69) is 10.3 Å². The van der Waals surface area contributed by atoms with Gasteiger partial charge in [0.15, 0.2) is 5.82 Å². The molecule has 21 heavy (non-hydrogen) atoms. The van der Waals surface area contributed by atoms with E-state index in [4.69, 9.17) is 0 Å². The number of anilines is 2. The second-order valence-corrected chi connectivity index (χ2v) is 4.82. The van der Waals surface area contributed by atoms with Gasteiger partial charge in [0.05, 0.1) is 11.3 Å². The lowest BCUT2D eigenvalue weighted by atomic mass is 10.1. The van der Waals surface area contributed by atoms with Gasteiger partial charge in [0.25, 0.3) is 0 Å². The van der Waals surface area contributed by atoms with Crippen molar-refractivity contribution < 1.29 is 13.2 Å². The molecule has 2 rings (SSSR count). The van der Waals surface area contributed by atoms with Crippen LogP contribution in [-0.4, -0.2) is 19.1 Å². The quantitative estimate of drug-likeness (QED) is 0.930. The molecule has 0 aliphatic rings. The zero-order valence-corrected chi connectivity index (χ0v) is 11.8. The topological polar surface area (TPSA) is 28.2 Å². The van der Waals surface area contributed by atoms with Crippen molar-refractivity contribution in [1.29, 1.82) is 0 Å². The van der Waals surface area contributed by atoms with Crippen molar-refractivity contribution in [2.24, 2.45) is 0 Å². The van der Waals surface area contributed by atoms with Gasteiger partial charge in [-0.25, -0.2) is 4.98 Å². The third-order valence-corrected chi connectivity index (χ3v) is 2.97. The maximum atomic E-state index is 12.5. The van der Waals surface area contributed by atoms with E-state index >= 15 is 0 Å². The zero-order valence-electron chi connectivity index (χ0n) is 11.8. The van der Waals surface area contributed by atoms with E-state index in [1.165, 1.54) is 12.1 Å². The first-order valence-electron chi connectivity index (χ1n) is 6.40. The van der Waals surface area contributed by atoms with Gasteiger partial charge in [-0.05, 0) is 29.8 Å². The number of aromatic nitrogens is 1. The first-order chi connectivity index (χ1) is 9.88. The van der Waals surface area contributed by atoms with E-state index < -0.39 is 11.7 Å². The highest BCUT2D eigenvalue weighted by Crippen LogP contribution is 2.29.